The maximum absolute atomic E-state index is 13.2. The van der Waals surface area contributed by atoms with Crippen molar-refractivity contribution in [1.29, 1.82) is 0 Å². The Bertz CT molecular complexity index is 749. The van der Waals surface area contributed by atoms with E-state index in [0.29, 0.717) is 12.1 Å². The molecule has 2 aromatic carbocycles. The minimum absolute atomic E-state index is 0.269. The van der Waals surface area contributed by atoms with Crippen molar-refractivity contribution in [2.24, 2.45) is 0 Å². The van der Waals surface area contributed by atoms with E-state index in [4.69, 9.17) is 4.74 Å². The molecule has 29 heavy (non-hydrogen) atoms. The molecule has 0 radical (unpaired) electrons. The van der Waals surface area contributed by atoms with E-state index in [0.717, 1.165) is 18.4 Å². The Morgan fingerprint density at radius 3 is 1.86 bits per heavy atom. The molecule has 0 N–H and O–H groups in total. The molecule has 0 fully saturated rings. The van der Waals surface area contributed by atoms with Crippen molar-refractivity contribution in [2.45, 2.75) is 71.1 Å². The number of ether oxygens (including phenoxy) is 1. The van der Waals surface area contributed by atoms with Crippen molar-refractivity contribution >= 4 is 5.97 Å². The number of carbonyl (C=O) groups excluding carboxylic acids is 1. The topological polar surface area (TPSA) is 26.3 Å². The molecule has 2 rings (SSSR count). The average Bonchev–Trinajstić information content (AvgIpc) is 2.71. The molecule has 0 aliphatic rings. The summed E-state index contributed by atoms with van der Waals surface area (Å²) in [6.45, 7) is 2.23. The number of hydrogen-bond acceptors (Lipinski definition) is 2. The molecule has 0 spiro atoms. The van der Waals surface area contributed by atoms with Crippen molar-refractivity contribution in [2.75, 3.05) is 0 Å². The first-order valence-corrected chi connectivity index (χ1v) is 10.5. The number of esters is 1. The summed E-state index contributed by atoms with van der Waals surface area (Å²) < 4.78 is 44.3. The Morgan fingerprint density at radius 1 is 0.793 bits per heavy atom. The van der Waals surface area contributed by atoms with Gasteiger partial charge < -0.3 is 4.74 Å². The highest BCUT2D eigenvalue weighted by Crippen LogP contribution is 2.20. The van der Waals surface area contributed by atoms with E-state index in [2.05, 4.69) is 6.92 Å². The molecule has 0 atom stereocenters. The van der Waals surface area contributed by atoms with Gasteiger partial charge in [0.05, 0.1) is 5.56 Å². The summed E-state index contributed by atoms with van der Waals surface area (Å²) in [7, 11) is 0. The molecule has 0 unspecified atom stereocenters. The van der Waals surface area contributed by atoms with Crippen LogP contribution in [0.2, 0.25) is 0 Å². The predicted molar refractivity (Wildman–Crippen MR) is 109 cm³/mol. The molecule has 2 nitrogen and oxygen atoms in total. The van der Waals surface area contributed by atoms with Gasteiger partial charge in [-0.25, -0.2) is 18.0 Å². The van der Waals surface area contributed by atoms with Crippen molar-refractivity contribution in [3.8, 4) is 5.75 Å². The highest BCUT2D eigenvalue weighted by atomic mass is 19.2. The summed E-state index contributed by atoms with van der Waals surface area (Å²) in [5, 5.41) is 0. The molecular weight excluding hydrogens is 377 g/mol. The minimum atomic E-state index is -1.59. The fourth-order valence-corrected chi connectivity index (χ4v) is 3.20. The molecule has 0 saturated heterocycles. The Balaban J connectivity index is 1.72. The zero-order valence-electron chi connectivity index (χ0n) is 17.0. The van der Waals surface area contributed by atoms with Crippen LogP contribution in [0.3, 0.4) is 0 Å². The molecule has 0 amide bonds. The molecule has 0 heterocycles. The maximum atomic E-state index is 13.2. The first-order chi connectivity index (χ1) is 14.0. The summed E-state index contributed by atoms with van der Waals surface area (Å²) in [5.74, 6) is -5.51. The summed E-state index contributed by atoms with van der Waals surface area (Å²) in [5.41, 5.74) is 1.40. The molecule has 0 aromatic heterocycles. The van der Waals surface area contributed by atoms with Crippen LogP contribution in [0.25, 0.3) is 0 Å². The Morgan fingerprint density at radius 2 is 1.31 bits per heavy atom. The van der Waals surface area contributed by atoms with Gasteiger partial charge in [0.1, 0.15) is 5.75 Å². The summed E-state index contributed by atoms with van der Waals surface area (Å²) in [6.07, 6.45) is 12.4. The average molecular weight is 406 g/mol. The fraction of sp³-hybridized carbons (Fsp3) is 0.458. The summed E-state index contributed by atoms with van der Waals surface area (Å²) in [6, 6.07) is 8.26. The summed E-state index contributed by atoms with van der Waals surface area (Å²) >= 11 is 0. The van der Waals surface area contributed by atoms with Crippen molar-refractivity contribution < 1.29 is 22.7 Å². The first kappa shape index (κ1) is 23.0. The fourth-order valence-electron chi connectivity index (χ4n) is 3.20. The van der Waals surface area contributed by atoms with Gasteiger partial charge in [0.2, 0.25) is 0 Å². The van der Waals surface area contributed by atoms with Crippen LogP contribution in [-0.4, -0.2) is 5.97 Å². The number of benzene rings is 2. The molecule has 0 aliphatic heterocycles. The van der Waals surface area contributed by atoms with Gasteiger partial charge in [-0.05, 0) is 30.5 Å². The van der Waals surface area contributed by atoms with Crippen LogP contribution in [0.4, 0.5) is 13.2 Å². The number of rotatable bonds is 12. The molecule has 158 valence electrons. The first-order valence-electron chi connectivity index (χ1n) is 10.5. The smallest absolute Gasteiger partial charge is 0.343 e. The second-order valence-electron chi connectivity index (χ2n) is 7.37. The molecule has 2 aromatic rings. The van der Waals surface area contributed by atoms with Gasteiger partial charge in [-0.1, -0.05) is 70.4 Å². The number of hydrogen-bond donors (Lipinski definition) is 0. The molecule has 5 heteroatoms. The highest BCUT2D eigenvalue weighted by Gasteiger charge is 2.14. The van der Waals surface area contributed by atoms with Crippen LogP contribution in [-0.2, 0) is 6.42 Å². The molecular formula is C24H29F3O2. The monoisotopic (exact) mass is 406 g/mol. The van der Waals surface area contributed by atoms with Crippen LogP contribution in [0.1, 0.15) is 80.6 Å². The maximum Gasteiger partial charge on any atom is 0.343 e. The van der Waals surface area contributed by atoms with Crippen LogP contribution in [0, 0.1) is 17.5 Å². The third-order valence-electron chi connectivity index (χ3n) is 4.93. The lowest BCUT2D eigenvalue weighted by Crippen LogP contribution is -2.09. The molecule has 0 saturated carbocycles. The lowest BCUT2D eigenvalue weighted by Gasteiger charge is -2.07. The van der Waals surface area contributed by atoms with E-state index in [1.807, 2.05) is 12.1 Å². The van der Waals surface area contributed by atoms with Gasteiger partial charge in [-0.15, -0.1) is 0 Å². The van der Waals surface area contributed by atoms with E-state index >= 15 is 0 Å². The van der Waals surface area contributed by atoms with Crippen molar-refractivity contribution in [3.63, 3.8) is 0 Å². The highest BCUT2D eigenvalue weighted by molar-refractivity contribution is 5.91. The lowest BCUT2D eigenvalue weighted by atomic mass is 10.0. The molecule has 0 aliphatic carbocycles. The van der Waals surface area contributed by atoms with Gasteiger partial charge >= 0.3 is 5.97 Å². The van der Waals surface area contributed by atoms with Gasteiger partial charge in [-0.3, -0.25) is 0 Å². The van der Waals surface area contributed by atoms with Crippen LogP contribution >= 0.6 is 0 Å². The Labute approximate surface area is 171 Å². The van der Waals surface area contributed by atoms with E-state index in [-0.39, 0.29) is 11.3 Å². The molecule has 0 bridgehead atoms. The van der Waals surface area contributed by atoms with Gasteiger partial charge in [0.25, 0.3) is 0 Å². The third kappa shape index (κ3) is 7.92. The van der Waals surface area contributed by atoms with E-state index < -0.39 is 23.4 Å². The number of aryl methyl sites for hydroxylation is 1. The second-order valence-corrected chi connectivity index (χ2v) is 7.37. The van der Waals surface area contributed by atoms with Crippen LogP contribution < -0.4 is 4.74 Å². The van der Waals surface area contributed by atoms with Gasteiger partial charge in [-0.2, -0.15) is 0 Å². The van der Waals surface area contributed by atoms with Gasteiger partial charge in [0, 0.05) is 12.1 Å². The third-order valence-corrected chi connectivity index (χ3v) is 4.93. The quantitative estimate of drug-likeness (QED) is 0.159. The number of unbranched alkanes of at least 4 members (excludes halogenated alkanes) is 8. The summed E-state index contributed by atoms with van der Waals surface area (Å²) in [4.78, 5) is 12.1. The normalized spacial score (nSPS) is 10.9. The minimum Gasteiger partial charge on any atom is -0.423 e. The largest absolute Gasteiger partial charge is 0.423 e. The standard InChI is InChI=1S/C24H29F3O2/c1-2-3-4-5-6-7-8-9-10-11-18-12-14-19(15-13-18)24(28)29-20-16-21(25)23(27)22(26)17-20/h12-17H,2-11H2,1H3. The van der Waals surface area contributed by atoms with Crippen LogP contribution in [0.5, 0.6) is 5.75 Å². The predicted octanol–water partition coefficient (Wildman–Crippen LogP) is 7.40. The van der Waals surface area contributed by atoms with E-state index in [9.17, 15) is 18.0 Å². The van der Waals surface area contributed by atoms with E-state index in [1.54, 1.807) is 12.1 Å². The van der Waals surface area contributed by atoms with Crippen LogP contribution in [0.15, 0.2) is 36.4 Å². The van der Waals surface area contributed by atoms with Crippen molar-refractivity contribution in [3.05, 3.63) is 65.0 Å². The lowest BCUT2D eigenvalue weighted by molar-refractivity contribution is 0.0733. The Kier molecular flexibility index (Phi) is 9.75. The zero-order valence-corrected chi connectivity index (χ0v) is 17.0. The SMILES string of the molecule is CCCCCCCCCCCc1ccc(C(=O)Oc2cc(F)c(F)c(F)c2)cc1. The second kappa shape index (κ2) is 12.3. The number of halogens is 3. The van der Waals surface area contributed by atoms with Gasteiger partial charge in [0.15, 0.2) is 17.5 Å². The van der Waals surface area contributed by atoms with Crippen molar-refractivity contribution in [1.82, 2.24) is 0 Å². The van der Waals surface area contributed by atoms with E-state index in [1.165, 1.54) is 51.4 Å². The Hall–Kier alpha value is -2.30. The zero-order chi connectivity index (χ0) is 21.1. The number of carbonyl (C=O) groups is 1.